The van der Waals surface area contributed by atoms with Crippen molar-refractivity contribution in [3.63, 3.8) is 0 Å². The molecule has 0 bridgehead atoms. The molecule has 1 aromatic rings. The van der Waals surface area contributed by atoms with Gasteiger partial charge in [-0.3, -0.25) is 9.69 Å². The summed E-state index contributed by atoms with van der Waals surface area (Å²) < 4.78 is 5.44. The van der Waals surface area contributed by atoms with Crippen molar-refractivity contribution in [3.8, 4) is 0 Å². The first-order valence-electron chi connectivity index (χ1n) is 9.84. The molecule has 0 unspecified atom stereocenters. The number of nitrogens with zero attached hydrogens (tertiary/aromatic N) is 4. The molecule has 0 atom stereocenters. The number of piperazine rings is 1. The maximum Gasteiger partial charge on any atom is 0.410 e. The lowest BCUT2D eigenvalue weighted by molar-refractivity contribution is -0.143. The molecule has 156 valence electrons. The van der Waals surface area contributed by atoms with Crippen molar-refractivity contribution >= 4 is 28.5 Å². The van der Waals surface area contributed by atoms with E-state index in [-0.39, 0.29) is 12.0 Å². The molecule has 0 saturated carbocycles. The summed E-state index contributed by atoms with van der Waals surface area (Å²) in [5, 5.41) is 12.2. The third-order valence-electron chi connectivity index (χ3n) is 5.06. The number of rotatable bonds is 4. The summed E-state index contributed by atoms with van der Waals surface area (Å²) in [6, 6.07) is 0. The Balaban J connectivity index is 1.46. The van der Waals surface area contributed by atoms with E-state index in [0.29, 0.717) is 25.9 Å². The van der Waals surface area contributed by atoms with Gasteiger partial charge in [0.2, 0.25) is 0 Å². The van der Waals surface area contributed by atoms with Gasteiger partial charge < -0.3 is 19.6 Å². The first-order chi connectivity index (χ1) is 13.2. The summed E-state index contributed by atoms with van der Waals surface area (Å²) in [5.41, 5.74) is 0.556. The molecule has 3 rings (SSSR count). The molecular weight excluding hydrogens is 380 g/mol. The minimum absolute atomic E-state index is 0.205. The summed E-state index contributed by atoms with van der Waals surface area (Å²) in [5.74, 6) is -0.885. The standard InChI is InChI=1S/C19H30N4O4S/c1-19(2,3)27-18(26)23-10-8-22(9-11-23)17-20-15(13-28-17)12-21-6-4-14(5-7-21)16(24)25/h13-14H,4-12H2,1-3H3,(H,24,25). The van der Waals surface area contributed by atoms with E-state index in [0.717, 1.165) is 43.5 Å². The van der Waals surface area contributed by atoms with Crippen LogP contribution >= 0.6 is 11.3 Å². The second-order valence-electron chi connectivity index (χ2n) is 8.46. The van der Waals surface area contributed by atoms with E-state index >= 15 is 0 Å². The van der Waals surface area contributed by atoms with Crippen LogP contribution in [0.4, 0.5) is 9.93 Å². The molecule has 1 amide bonds. The number of amides is 1. The van der Waals surface area contributed by atoms with Gasteiger partial charge in [0.1, 0.15) is 5.60 Å². The summed E-state index contributed by atoms with van der Waals surface area (Å²) >= 11 is 1.63. The number of hydrogen-bond acceptors (Lipinski definition) is 7. The van der Waals surface area contributed by atoms with Crippen molar-refractivity contribution in [2.24, 2.45) is 5.92 Å². The van der Waals surface area contributed by atoms with Gasteiger partial charge in [-0.25, -0.2) is 9.78 Å². The Morgan fingerprint density at radius 3 is 2.39 bits per heavy atom. The monoisotopic (exact) mass is 410 g/mol. The first kappa shape index (κ1) is 20.9. The van der Waals surface area contributed by atoms with Gasteiger partial charge in [-0.15, -0.1) is 11.3 Å². The zero-order valence-corrected chi connectivity index (χ0v) is 17.7. The van der Waals surface area contributed by atoms with E-state index in [1.807, 2.05) is 20.8 Å². The number of carbonyl (C=O) groups excluding carboxylic acids is 1. The lowest BCUT2D eigenvalue weighted by Gasteiger charge is -2.35. The van der Waals surface area contributed by atoms with Gasteiger partial charge in [-0.1, -0.05) is 0 Å². The lowest BCUT2D eigenvalue weighted by atomic mass is 9.97. The van der Waals surface area contributed by atoms with Crippen molar-refractivity contribution < 1.29 is 19.4 Å². The number of carboxylic acids is 1. The highest BCUT2D eigenvalue weighted by Gasteiger charge is 2.28. The molecule has 2 aliphatic rings. The molecule has 8 nitrogen and oxygen atoms in total. The van der Waals surface area contributed by atoms with Gasteiger partial charge in [-0.05, 0) is 46.7 Å². The van der Waals surface area contributed by atoms with Gasteiger partial charge in [0.25, 0.3) is 0 Å². The third-order valence-corrected chi connectivity index (χ3v) is 6.01. The fraction of sp³-hybridized carbons (Fsp3) is 0.737. The molecule has 1 aromatic heterocycles. The first-order valence-corrected chi connectivity index (χ1v) is 10.7. The van der Waals surface area contributed by atoms with Crippen LogP contribution in [0.25, 0.3) is 0 Å². The molecule has 2 aliphatic heterocycles. The number of aromatic nitrogens is 1. The SMILES string of the molecule is CC(C)(C)OC(=O)N1CCN(c2nc(CN3CCC(C(=O)O)CC3)cs2)CC1. The molecule has 9 heteroatoms. The fourth-order valence-electron chi connectivity index (χ4n) is 3.49. The summed E-state index contributed by atoms with van der Waals surface area (Å²) in [7, 11) is 0. The molecule has 2 saturated heterocycles. The highest BCUT2D eigenvalue weighted by molar-refractivity contribution is 7.13. The zero-order valence-electron chi connectivity index (χ0n) is 16.9. The zero-order chi connectivity index (χ0) is 20.3. The molecule has 3 heterocycles. The van der Waals surface area contributed by atoms with E-state index in [9.17, 15) is 9.59 Å². The van der Waals surface area contributed by atoms with Crippen LogP contribution < -0.4 is 4.90 Å². The average molecular weight is 411 g/mol. The van der Waals surface area contributed by atoms with E-state index in [1.165, 1.54) is 0 Å². The number of anilines is 1. The topological polar surface area (TPSA) is 86.2 Å². The number of likely N-dealkylation sites (tertiary alicyclic amines) is 1. The van der Waals surface area contributed by atoms with E-state index in [4.69, 9.17) is 14.8 Å². The number of carboxylic acid groups (broad SMARTS) is 1. The van der Waals surface area contributed by atoms with Crippen LogP contribution in [0.3, 0.4) is 0 Å². The number of thiazole rings is 1. The number of carbonyl (C=O) groups is 2. The number of ether oxygens (including phenoxy) is 1. The number of piperidine rings is 1. The molecular formula is C19H30N4O4S. The molecule has 2 fully saturated rings. The predicted octanol–water partition coefficient (Wildman–Crippen LogP) is 2.50. The second kappa shape index (κ2) is 8.65. The Labute approximate surface area is 170 Å². The Kier molecular flexibility index (Phi) is 6.44. The van der Waals surface area contributed by atoms with Crippen LogP contribution in [0, 0.1) is 5.92 Å². The average Bonchev–Trinajstić information content (AvgIpc) is 3.09. The van der Waals surface area contributed by atoms with Gasteiger partial charge in [0.15, 0.2) is 5.13 Å². The van der Waals surface area contributed by atoms with Crippen LogP contribution in [0.1, 0.15) is 39.3 Å². The normalized spacial score (nSPS) is 19.7. The van der Waals surface area contributed by atoms with Crippen LogP contribution in [0.15, 0.2) is 5.38 Å². The molecule has 0 spiro atoms. The van der Waals surface area contributed by atoms with E-state index < -0.39 is 11.6 Å². The van der Waals surface area contributed by atoms with Crippen molar-refractivity contribution in [1.82, 2.24) is 14.8 Å². The predicted molar refractivity (Wildman–Crippen MR) is 108 cm³/mol. The molecule has 0 aromatic carbocycles. The highest BCUT2D eigenvalue weighted by Crippen LogP contribution is 2.25. The van der Waals surface area contributed by atoms with Gasteiger partial charge in [0.05, 0.1) is 11.6 Å². The van der Waals surface area contributed by atoms with Crippen LogP contribution in [-0.4, -0.2) is 76.8 Å². The third kappa shape index (κ3) is 5.57. The van der Waals surface area contributed by atoms with Crippen LogP contribution in [-0.2, 0) is 16.1 Å². The second-order valence-corrected chi connectivity index (χ2v) is 9.30. The Hall–Kier alpha value is -1.87. The maximum atomic E-state index is 12.2. The maximum absolute atomic E-state index is 12.2. The smallest absolute Gasteiger partial charge is 0.410 e. The largest absolute Gasteiger partial charge is 0.481 e. The van der Waals surface area contributed by atoms with Crippen molar-refractivity contribution in [3.05, 3.63) is 11.1 Å². The van der Waals surface area contributed by atoms with Crippen LogP contribution in [0.2, 0.25) is 0 Å². The van der Waals surface area contributed by atoms with Gasteiger partial charge >= 0.3 is 12.1 Å². The number of aliphatic carboxylic acids is 1. The van der Waals surface area contributed by atoms with Gasteiger partial charge in [0, 0.05) is 38.1 Å². The molecule has 0 aliphatic carbocycles. The number of hydrogen-bond donors (Lipinski definition) is 1. The van der Waals surface area contributed by atoms with E-state index in [1.54, 1.807) is 16.2 Å². The summed E-state index contributed by atoms with van der Waals surface area (Å²) in [6.07, 6.45) is 1.16. The minimum Gasteiger partial charge on any atom is -0.481 e. The molecule has 0 radical (unpaired) electrons. The molecule has 1 N–H and O–H groups in total. The van der Waals surface area contributed by atoms with Crippen molar-refractivity contribution in [2.45, 2.75) is 45.8 Å². The van der Waals surface area contributed by atoms with Gasteiger partial charge in [-0.2, -0.15) is 0 Å². The summed E-state index contributed by atoms with van der Waals surface area (Å²) in [6.45, 7) is 10.8. The fourth-order valence-corrected chi connectivity index (χ4v) is 4.36. The van der Waals surface area contributed by atoms with Crippen LogP contribution in [0.5, 0.6) is 0 Å². The Morgan fingerprint density at radius 2 is 1.82 bits per heavy atom. The highest BCUT2D eigenvalue weighted by atomic mass is 32.1. The Morgan fingerprint density at radius 1 is 1.18 bits per heavy atom. The van der Waals surface area contributed by atoms with Crippen molar-refractivity contribution in [1.29, 1.82) is 0 Å². The van der Waals surface area contributed by atoms with Crippen molar-refractivity contribution in [2.75, 3.05) is 44.2 Å². The molecule has 28 heavy (non-hydrogen) atoms. The van der Waals surface area contributed by atoms with E-state index in [2.05, 4.69) is 15.2 Å². The lowest BCUT2D eigenvalue weighted by Crippen LogP contribution is -2.50. The quantitative estimate of drug-likeness (QED) is 0.816. The Bertz CT molecular complexity index is 686. The summed E-state index contributed by atoms with van der Waals surface area (Å²) in [4.78, 5) is 34.2. The minimum atomic E-state index is -0.680.